The molecule has 1 amide bonds. The maximum atomic E-state index is 11.4. The largest absolute Gasteiger partial charge is 0.460 e. The summed E-state index contributed by atoms with van der Waals surface area (Å²) in [6.45, 7) is 7.19. The summed E-state index contributed by atoms with van der Waals surface area (Å²) in [4.78, 5) is 22.3. The van der Waals surface area contributed by atoms with E-state index in [0.717, 1.165) is 0 Å². The van der Waals surface area contributed by atoms with Crippen molar-refractivity contribution in [1.29, 1.82) is 0 Å². The Hall–Kier alpha value is -1.26. The minimum atomic E-state index is -0.518. The third kappa shape index (κ3) is 4.08. The molecule has 92 valence electrons. The first kappa shape index (κ1) is 12.8. The van der Waals surface area contributed by atoms with Crippen LogP contribution in [0, 0.1) is 0 Å². The van der Waals surface area contributed by atoms with Gasteiger partial charge in [0.15, 0.2) is 0 Å². The van der Waals surface area contributed by atoms with Crippen molar-refractivity contribution in [1.82, 2.24) is 5.32 Å². The number of hydrogen-bond donors (Lipinski definition) is 1. The molecular weight excluding hydrogens is 210 g/mol. The zero-order valence-corrected chi connectivity index (χ0v) is 10.2. The van der Waals surface area contributed by atoms with Crippen LogP contribution in [0.4, 0.5) is 4.79 Å². The van der Waals surface area contributed by atoms with Gasteiger partial charge >= 0.3 is 12.1 Å². The number of cyclic esters (lactones) is 1. The summed E-state index contributed by atoms with van der Waals surface area (Å²) >= 11 is 0. The molecule has 0 unspecified atom stereocenters. The number of hydrogen-bond acceptors (Lipinski definition) is 4. The van der Waals surface area contributed by atoms with Gasteiger partial charge in [0.25, 0.3) is 0 Å². The second kappa shape index (κ2) is 4.72. The number of ether oxygens (including phenoxy) is 2. The minimum absolute atomic E-state index is 0.206. The molecule has 0 spiro atoms. The van der Waals surface area contributed by atoms with E-state index in [1.807, 2.05) is 0 Å². The molecule has 5 heteroatoms. The molecule has 0 bridgehead atoms. The average molecular weight is 229 g/mol. The van der Waals surface area contributed by atoms with Gasteiger partial charge in [-0.3, -0.25) is 4.79 Å². The Morgan fingerprint density at radius 2 is 2.19 bits per heavy atom. The first-order valence-corrected chi connectivity index (χ1v) is 5.47. The molecule has 1 aliphatic heterocycles. The molecule has 1 N–H and O–H groups in total. The second-order valence-electron chi connectivity index (χ2n) is 5.00. The molecule has 0 aliphatic carbocycles. The fraction of sp³-hybridized carbons (Fsp3) is 0.818. The van der Waals surface area contributed by atoms with E-state index in [0.29, 0.717) is 12.8 Å². The highest BCUT2D eigenvalue weighted by Gasteiger charge is 2.30. The third-order valence-electron chi connectivity index (χ3n) is 2.22. The summed E-state index contributed by atoms with van der Waals surface area (Å²) in [5, 5.41) is 2.66. The van der Waals surface area contributed by atoms with Gasteiger partial charge in [0.05, 0.1) is 6.04 Å². The second-order valence-corrected chi connectivity index (χ2v) is 5.00. The Morgan fingerprint density at radius 1 is 1.56 bits per heavy atom. The molecule has 1 fully saturated rings. The number of carbonyl (C=O) groups excluding carboxylic acids is 2. The van der Waals surface area contributed by atoms with Gasteiger partial charge in [0, 0.05) is 6.42 Å². The Balaban J connectivity index is 2.36. The molecule has 16 heavy (non-hydrogen) atoms. The number of nitrogens with one attached hydrogen (secondary N) is 1. The SMILES string of the molecule is C[C@H](NC(=O)OC(C)(C)C)[C@@H]1CCC(=O)O1. The van der Waals surface area contributed by atoms with Crippen LogP contribution in [-0.4, -0.2) is 29.8 Å². The molecule has 2 atom stereocenters. The van der Waals surface area contributed by atoms with Crippen LogP contribution >= 0.6 is 0 Å². The van der Waals surface area contributed by atoms with Crippen LogP contribution in [0.3, 0.4) is 0 Å². The van der Waals surface area contributed by atoms with Gasteiger partial charge in [-0.2, -0.15) is 0 Å². The highest BCUT2D eigenvalue weighted by atomic mass is 16.6. The van der Waals surface area contributed by atoms with Gasteiger partial charge in [0.2, 0.25) is 0 Å². The first-order valence-electron chi connectivity index (χ1n) is 5.47. The molecule has 5 nitrogen and oxygen atoms in total. The Kier molecular flexibility index (Phi) is 3.78. The normalized spacial score (nSPS) is 22.5. The Labute approximate surface area is 95.5 Å². The number of carbonyl (C=O) groups is 2. The summed E-state index contributed by atoms with van der Waals surface area (Å²) in [5.74, 6) is -0.206. The van der Waals surface area contributed by atoms with Crippen molar-refractivity contribution in [3.63, 3.8) is 0 Å². The minimum Gasteiger partial charge on any atom is -0.460 e. The molecule has 1 saturated heterocycles. The van der Waals surface area contributed by atoms with E-state index in [-0.39, 0.29) is 18.1 Å². The van der Waals surface area contributed by atoms with Crippen molar-refractivity contribution in [2.24, 2.45) is 0 Å². The van der Waals surface area contributed by atoms with Crippen LogP contribution in [0.25, 0.3) is 0 Å². The van der Waals surface area contributed by atoms with Crippen LogP contribution in [0.2, 0.25) is 0 Å². The average Bonchev–Trinajstić information content (AvgIpc) is 2.47. The molecule has 1 aliphatic rings. The Bertz CT molecular complexity index is 282. The van der Waals surface area contributed by atoms with Gasteiger partial charge in [-0.05, 0) is 34.1 Å². The first-order chi connectivity index (χ1) is 7.28. The van der Waals surface area contributed by atoms with Crippen molar-refractivity contribution in [3.05, 3.63) is 0 Å². The molecule has 1 heterocycles. The highest BCUT2D eigenvalue weighted by molar-refractivity contribution is 5.72. The summed E-state index contributed by atoms with van der Waals surface area (Å²) < 4.78 is 10.1. The maximum absolute atomic E-state index is 11.4. The monoisotopic (exact) mass is 229 g/mol. The fourth-order valence-corrected chi connectivity index (χ4v) is 1.49. The lowest BCUT2D eigenvalue weighted by Gasteiger charge is -2.24. The highest BCUT2D eigenvalue weighted by Crippen LogP contribution is 2.17. The van der Waals surface area contributed by atoms with E-state index < -0.39 is 11.7 Å². The van der Waals surface area contributed by atoms with Crippen LogP contribution in [-0.2, 0) is 14.3 Å². The zero-order valence-electron chi connectivity index (χ0n) is 10.2. The van der Waals surface area contributed by atoms with Gasteiger partial charge in [-0.25, -0.2) is 4.79 Å². The third-order valence-corrected chi connectivity index (χ3v) is 2.22. The van der Waals surface area contributed by atoms with E-state index in [2.05, 4.69) is 5.32 Å². The van der Waals surface area contributed by atoms with Gasteiger partial charge in [0.1, 0.15) is 11.7 Å². The number of esters is 1. The number of rotatable bonds is 2. The molecule has 0 aromatic carbocycles. The molecule has 0 radical (unpaired) electrons. The fourth-order valence-electron chi connectivity index (χ4n) is 1.49. The zero-order chi connectivity index (χ0) is 12.3. The maximum Gasteiger partial charge on any atom is 0.407 e. The lowest BCUT2D eigenvalue weighted by atomic mass is 10.1. The van der Waals surface area contributed by atoms with Crippen molar-refractivity contribution < 1.29 is 19.1 Å². The van der Waals surface area contributed by atoms with Crippen molar-refractivity contribution in [2.75, 3.05) is 0 Å². The smallest absolute Gasteiger partial charge is 0.407 e. The van der Waals surface area contributed by atoms with Crippen LogP contribution in [0.15, 0.2) is 0 Å². The number of amides is 1. The summed E-state index contributed by atoms with van der Waals surface area (Å²) in [6.07, 6.45) is 0.351. The van der Waals surface area contributed by atoms with Crippen LogP contribution < -0.4 is 5.32 Å². The molecular formula is C11H19NO4. The topological polar surface area (TPSA) is 64.6 Å². The van der Waals surface area contributed by atoms with Crippen LogP contribution in [0.5, 0.6) is 0 Å². The summed E-state index contributed by atoms with van der Waals surface area (Å²) in [6, 6.07) is -0.221. The predicted octanol–water partition coefficient (Wildman–Crippen LogP) is 1.61. The van der Waals surface area contributed by atoms with E-state index in [1.54, 1.807) is 27.7 Å². The van der Waals surface area contributed by atoms with E-state index in [1.165, 1.54) is 0 Å². The summed E-state index contributed by atoms with van der Waals surface area (Å²) in [5.41, 5.74) is -0.518. The van der Waals surface area contributed by atoms with Gasteiger partial charge in [-0.15, -0.1) is 0 Å². The lowest BCUT2D eigenvalue weighted by molar-refractivity contribution is -0.142. The lowest BCUT2D eigenvalue weighted by Crippen LogP contribution is -2.43. The van der Waals surface area contributed by atoms with Crippen molar-refractivity contribution in [3.8, 4) is 0 Å². The summed E-state index contributed by atoms with van der Waals surface area (Å²) in [7, 11) is 0. The van der Waals surface area contributed by atoms with Gasteiger partial charge < -0.3 is 14.8 Å². The predicted molar refractivity (Wildman–Crippen MR) is 57.9 cm³/mol. The standard InChI is InChI=1S/C11H19NO4/c1-7(8-5-6-9(13)15-8)12-10(14)16-11(2,3)4/h7-8H,5-6H2,1-4H3,(H,12,14)/t7-,8-/m0/s1. The van der Waals surface area contributed by atoms with E-state index >= 15 is 0 Å². The van der Waals surface area contributed by atoms with Gasteiger partial charge in [-0.1, -0.05) is 0 Å². The van der Waals surface area contributed by atoms with E-state index in [9.17, 15) is 9.59 Å². The van der Waals surface area contributed by atoms with E-state index in [4.69, 9.17) is 9.47 Å². The van der Waals surface area contributed by atoms with Crippen molar-refractivity contribution >= 4 is 12.1 Å². The number of alkyl carbamates (subject to hydrolysis) is 1. The quantitative estimate of drug-likeness (QED) is 0.730. The molecule has 0 saturated carbocycles. The molecule has 0 aromatic heterocycles. The Morgan fingerprint density at radius 3 is 2.62 bits per heavy atom. The van der Waals surface area contributed by atoms with Crippen LogP contribution in [0.1, 0.15) is 40.5 Å². The van der Waals surface area contributed by atoms with Crippen molar-refractivity contribution in [2.45, 2.75) is 58.3 Å². The molecule has 1 rings (SSSR count). The molecule has 0 aromatic rings.